The molecule has 0 aliphatic rings. The zero-order chi connectivity index (χ0) is 14.0. The fourth-order valence-electron chi connectivity index (χ4n) is 1.72. The van der Waals surface area contributed by atoms with E-state index < -0.39 is 5.97 Å². The van der Waals surface area contributed by atoms with Crippen LogP contribution < -0.4 is 5.32 Å². The van der Waals surface area contributed by atoms with Gasteiger partial charge in [-0.3, -0.25) is 0 Å². The first-order chi connectivity index (χ1) is 8.99. The van der Waals surface area contributed by atoms with Crippen molar-refractivity contribution in [1.82, 2.24) is 4.98 Å². The van der Waals surface area contributed by atoms with Crippen LogP contribution in [0.4, 0.5) is 11.5 Å². The van der Waals surface area contributed by atoms with E-state index >= 15 is 0 Å². The second-order valence-electron chi connectivity index (χ2n) is 4.21. The van der Waals surface area contributed by atoms with E-state index in [1.165, 1.54) is 12.1 Å². The molecule has 0 aliphatic heterocycles. The highest BCUT2D eigenvalue weighted by Gasteiger charge is 2.13. The van der Waals surface area contributed by atoms with E-state index in [-0.39, 0.29) is 16.5 Å². The molecule has 2 rings (SSSR count). The minimum atomic E-state index is -1.04. The molecule has 0 aliphatic carbocycles. The normalized spacial score (nSPS) is 10.3. The topological polar surface area (TPSA) is 62.2 Å². The molecule has 1 heterocycles. The number of carboxylic acid groups (broad SMARTS) is 1. The third-order valence-electron chi connectivity index (χ3n) is 2.95. The molecule has 0 spiro atoms. The highest BCUT2D eigenvalue weighted by atomic mass is 35.5. The number of hydrogen-bond acceptors (Lipinski definition) is 3. The van der Waals surface area contributed by atoms with Crippen LogP contribution in [0.3, 0.4) is 0 Å². The summed E-state index contributed by atoms with van der Waals surface area (Å²) in [6.45, 7) is 3.95. The van der Waals surface area contributed by atoms with Crippen molar-refractivity contribution < 1.29 is 9.90 Å². The van der Waals surface area contributed by atoms with Gasteiger partial charge >= 0.3 is 5.97 Å². The van der Waals surface area contributed by atoms with Gasteiger partial charge in [0.05, 0.1) is 0 Å². The number of aromatic carboxylic acids is 1. The van der Waals surface area contributed by atoms with Gasteiger partial charge < -0.3 is 10.4 Å². The summed E-state index contributed by atoms with van der Waals surface area (Å²) >= 11 is 5.81. The van der Waals surface area contributed by atoms with Crippen LogP contribution in [-0.4, -0.2) is 16.1 Å². The Bertz CT molecular complexity index is 641. The maximum atomic E-state index is 11.2. The van der Waals surface area contributed by atoms with Crippen molar-refractivity contribution in [3.05, 3.63) is 52.2 Å². The third kappa shape index (κ3) is 2.85. The van der Waals surface area contributed by atoms with Crippen molar-refractivity contribution in [2.45, 2.75) is 13.8 Å². The summed E-state index contributed by atoms with van der Waals surface area (Å²) in [6.07, 6.45) is 0. The molecule has 4 nitrogen and oxygen atoms in total. The van der Waals surface area contributed by atoms with Gasteiger partial charge in [-0.25, -0.2) is 9.78 Å². The van der Waals surface area contributed by atoms with Gasteiger partial charge in [-0.2, -0.15) is 0 Å². The number of aromatic nitrogens is 1. The van der Waals surface area contributed by atoms with Crippen molar-refractivity contribution in [1.29, 1.82) is 0 Å². The number of halogens is 1. The predicted octanol–water partition coefficient (Wildman–Crippen LogP) is 3.79. The zero-order valence-corrected chi connectivity index (χ0v) is 11.3. The first-order valence-corrected chi connectivity index (χ1v) is 6.10. The molecule has 19 heavy (non-hydrogen) atoms. The summed E-state index contributed by atoms with van der Waals surface area (Å²) in [5, 5.41) is 12.4. The minimum absolute atomic E-state index is 0.0882. The van der Waals surface area contributed by atoms with E-state index in [4.69, 9.17) is 16.7 Å². The van der Waals surface area contributed by atoms with Crippen LogP contribution in [-0.2, 0) is 0 Å². The first kappa shape index (κ1) is 13.4. The Balaban J connectivity index is 2.45. The lowest BCUT2D eigenvalue weighted by atomic mass is 10.1. The second kappa shape index (κ2) is 5.28. The van der Waals surface area contributed by atoms with Gasteiger partial charge in [0.25, 0.3) is 0 Å². The van der Waals surface area contributed by atoms with E-state index in [1.807, 2.05) is 32.0 Å². The Morgan fingerprint density at radius 3 is 2.68 bits per heavy atom. The van der Waals surface area contributed by atoms with Crippen LogP contribution in [0.15, 0.2) is 30.3 Å². The summed E-state index contributed by atoms with van der Waals surface area (Å²) in [6, 6.07) is 8.65. The first-order valence-electron chi connectivity index (χ1n) is 5.72. The van der Waals surface area contributed by atoms with Crippen LogP contribution in [0.2, 0.25) is 5.15 Å². The Labute approximate surface area is 116 Å². The predicted molar refractivity (Wildman–Crippen MR) is 75.4 cm³/mol. The molecule has 0 saturated carbocycles. The van der Waals surface area contributed by atoms with Crippen LogP contribution >= 0.6 is 11.6 Å². The summed E-state index contributed by atoms with van der Waals surface area (Å²) in [7, 11) is 0. The molecular weight excluding hydrogens is 264 g/mol. The van der Waals surface area contributed by atoms with E-state index in [0.29, 0.717) is 0 Å². The summed E-state index contributed by atoms with van der Waals surface area (Å²) in [5.41, 5.74) is 3.06. The number of aryl methyl sites for hydroxylation is 1. The molecule has 1 aromatic carbocycles. The molecule has 1 aromatic heterocycles. The quantitative estimate of drug-likeness (QED) is 0.837. The number of rotatable bonds is 3. The molecule has 0 bridgehead atoms. The lowest BCUT2D eigenvalue weighted by Crippen LogP contribution is -2.06. The number of anilines is 2. The number of nitrogens with one attached hydrogen (secondary N) is 1. The van der Waals surface area contributed by atoms with Crippen LogP contribution in [0.1, 0.15) is 21.5 Å². The van der Waals surface area contributed by atoms with Crippen LogP contribution in [0.25, 0.3) is 0 Å². The van der Waals surface area contributed by atoms with E-state index in [0.717, 1.165) is 16.8 Å². The number of pyridine rings is 1. The molecule has 0 saturated heterocycles. The third-order valence-corrected chi connectivity index (χ3v) is 3.16. The van der Waals surface area contributed by atoms with Crippen LogP contribution in [0.5, 0.6) is 0 Å². The Kier molecular flexibility index (Phi) is 3.71. The minimum Gasteiger partial charge on any atom is -0.478 e. The number of carbonyl (C=O) groups is 1. The average molecular weight is 277 g/mol. The summed E-state index contributed by atoms with van der Waals surface area (Å²) in [5.74, 6) is -0.800. The Hall–Kier alpha value is -2.07. The Morgan fingerprint density at radius 1 is 1.26 bits per heavy atom. The largest absolute Gasteiger partial charge is 0.478 e. The summed E-state index contributed by atoms with van der Waals surface area (Å²) < 4.78 is 0. The standard InChI is InChI=1S/C14H13ClN2O2/c1-8-4-3-5-11(9(8)2)16-13-10(14(18)19)6-7-12(15)17-13/h3-7H,1-2H3,(H,16,17)(H,18,19). The molecule has 0 amide bonds. The molecule has 5 heteroatoms. The van der Waals surface area contributed by atoms with Crippen LogP contribution in [0, 0.1) is 13.8 Å². The van der Waals surface area contributed by atoms with Gasteiger partial charge in [0, 0.05) is 5.69 Å². The van der Waals surface area contributed by atoms with Gasteiger partial charge in [0.2, 0.25) is 0 Å². The van der Waals surface area contributed by atoms with Crippen molar-refractivity contribution in [3.8, 4) is 0 Å². The lowest BCUT2D eigenvalue weighted by Gasteiger charge is -2.12. The fraction of sp³-hybridized carbons (Fsp3) is 0.143. The van der Waals surface area contributed by atoms with Gasteiger partial charge in [0.15, 0.2) is 0 Å². The molecule has 0 fully saturated rings. The van der Waals surface area contributed by atoms with Crippen molar-refractivity contribution in [2.75, 3.05) is 5.32 Å². The zero-order valence-electron chi connectivity index (χ0n) is 10.6. The molecule has 2 N–H and O–H groups in total. The van der Waals surface area contributed by atoms with Gasteiger partial charge in [-0.05, 0) is 43.2 Å². The van der Waals surface area contributed by atoms with Gasteiger partial charge in [-0.1, -0.05) is 23.7 Å². The highest BCUT2D eigenvalue weighted by molar-refractivity contribution is 6.29. The van der Waals surface area contributed by atoms with Crippen molar-refractivity contribution in [3.63, 3.8) is 0 Å². The van der Waals surface area contributed by atoms with E-state index in [9.17, 15) is 4.79 Å². The van der Waals surface area contributed by atoms with Gasteiger partial charge in [-0.15, -0.1) is 0 Å². The molecule has 0 atom stereocenters. The smallest absolute Gasteiger partial charge is 0.339 e. The highest BCUT2D eigenvalue weighted by Crippen LogP contribution is 2.25. The van der Waals surface area contributed by atoms with Crippen molar-refractivity contribution >= 4 is 29.1 Å². The average Bonchev–Trinajstić information content (AvgIpc) is 2.35. The molecular formula is C14H13ClN2O2. The number of carboxylic acids is 1. The molecule has 98 valence electrons. The number of benzene rings is 1. The van der Waals surface area contributed by atoms with Crippen molar-refractivity contribution in [2.24, 2.45) is 0 Å². The fourth-order valence-corrected chi connectivity index (χ4v) is 1.86. The van der Waals surface area contributed by atoms with Gasteiger partial charge in [0.1, 0.15) is 16.5 Å². The number of hydrogen-bond donors (Lipinski definition) is 2. The molecule has 0 radical (unpaired) electrons. The lowest BCUT2D eigenvalue weighted by molar-refractivity contribution is 0.0697. The Morgan fingerprint density at radius 2 is 2.00 bits per heavy atom. The summed E-state index contributed by atoms with van der Waals surface area (Å²) in [4.78, 5) is 15.2. The molecule has 0 unspecified atom stereocenters. The van der Waals surface area contributed by atoms with E-state index in [1.54, 1.807) is 0 Å². The SMILES string of the molecule is Cc1cccc(Nc2nc(Cl)ccc2C(=O)O)c1C. The second-order valence-corrected chi connectivity index (χ2v) is 4.60. The monoisotopic (exact) mass is 276 g/mol. The maximum absolute atomic E-state index is 11.2. The maximum Gasteiger partial charge on any atom is 0.339 e. The van der Waals surface area contributed by atoms with E-state index in [2.05, 4.69) is 10.3 Å². The molecule has 2 aromatic rings. The number of nitrogens with zero attached hydrogens (tertiary/aromatic N) is 1.